The molecule has 0 rings (SSSR count). The van der Waals surface area contributed by atoms with Gasteiger partial charge < -0.3 is 4.55 Å². The van der Waals surface area contributed by atoms with Crippen molar-refractivity contribution in [1.82, 2.24) is 0 Å². The first-order chi connectivity index (χ1) is 8.41. The smallest absolute Gasteiger partial charge is 0.724 e. The van der Waals surface area contributed by atoms with Gasteiger partial charge in [-0.05, 0) is 0 Å². The molecule has 0 spiro atoms. The molecule has 1 atom stereocenters. The van der Waals surface area contributed by atoms with Crippen LogP contribution in [0.1, 0.15) is 0 Å². The van der Waals surface area contributed by atoms with Crippen LogP contribution in [0.3, 0.4) is 0 Å². The average molecular weight is 460 g/mol. The van der Waals surface area contributed by atoms with Crippen molar-refractivity contribution in [3.63, 3.8) is 0 Å². The summed E-state index contributed by atoms with van der Waals surface area (Å²) in [5.41, 5.74) is 0. The second-order valence-corrected chi connectivity index (χ2v) is 5.89. The Bertz CT molecular complexity index is 562. The van der Waals surface area contributed by atoms with Gasteiger partial charge in [0, 0.05) is 0 Å². The molecule has 22 heteroatoms. The molecule has 0 aromatic carbocycles. The summed E-state index contributed by atoms with van der Waals surface area (Å²) in [6.45, 7) is 0. The van der Waals surface area contributed by atoms with Crippen LogP contribution in [0.25, 0.3) is 0 Å². The third-order valence-corrected chi connectivity index (χ3v) is 1.52. The summed E-state index contributed by atoms with van der Waals surface area (Å²) >= 11 is 0. The van der Waals surface area contributed by atoms with Crippen molar-refractivity contribution < 1.29 is 121 Å². The second-order valence-electron chi connectivity index (χ2n) is 1.96. The van der Waals surface area contributed by atoms with Gasteiger partial charge in [-0.2, -0.15) is 35.2 Å². The molecule has 3 N–H and O–H groups in total. The minimum absolute atomic E-state index is 0. The summed E-state index contributed by atoms with van der Waals surface area (Å²) in [6, 6.07) is 0. The van der Waals surface area contributed by atoms with Gasteiger partial charge in [0.15, 0.2) is 0 Å². The van der Waals surface area contributed by atoms with Gasteiger partial charge in [-0.15, -0.1) is 0 Å². The molecule has 22 heavy (non-hydrogen) atoms. The van der Waals surface area contributed by atoms with E-state index in [4.69, 9.17) is 13.7 Å². The SMILES string of the molecule is O=S(=O)(O)OOS(=O)(=O)O.O=S(=O)([O-])OOS(=O)(=O)O.P.[K+]. The molecule has 1 unspecified atom stereocenters. The van der Waals surface area contributed by atoms with Gasteiger partial charge in [-0.1, -0.05) is 17.3 Å². The van der Waals surface area contributed by atoms with Gasteiger partial charge in [-0.3, -0.25) is 13.7 Å². The van der Waals surface area contributed by atoms with Crippen LogP contribution in [-0.4, -0.2) is 51.9 Å². The fourth-order valence-corrected chi connectivity index (χ4v) is 1.25. The monoisotopic (exact) mass is 460 g/mol. The molecule has 0 saturated carbocycles. The molecule has 0 radical (unpaired) electrons. The van der Waals surface area contributed by atoms with Gasteiger partial charge in [-0.25, -0.2) is 8.42 Å². The fraction of sp³-hybridized carbons (Fsp3) is 0. The maximum atomic E-state index is 9.51. The molecule has 0 fully saturated rings. The zero-order valence-corrected chi connectivity index (χ0v) is 17.8. The van der Waals surface area contributed by atoms with E-state index < -0.39 is 41.6 Å². The molecule has 0 bridgehead atoms. The van der Waals surface area contributed by atoms with E-state index in [2.05, 4.69) is 17.3 Å². The van der Waals surface area contributed by atoms with Crippen molar-refractivity contribution in [3.8, 4) is 0 Å². The third kappa shape index (κ3) is 37.6. The minimum Gasteiger partial charge on any atom is -0.724 e. The van der Waals surface area contributed by atoms with Crippen molar-refractivity contribution in [2.75, 3.05) is 0 Å². The van der Waals surface area contributed by atoms with E-state index in [-0.39, 0.29) is 61.3 Å². The van der Waals surface area contributed by atoms with Crippen LogP contribution in [0.2, 0.25) is 0 Å². The summed E-state index contributed by atoms with van der Waals surface area (Å²) < 4.78 is 119. The van der Waals surface area contributed by atoms with Gasteiger partial charge in [0.1, 0.15) is 0 Å². The Morgan fingerprint density at radius 3 is 0.864 bits per heavy atom. The molecule has 0 amide bonds. The molecule has 0 aliphatic rings. The largest absolute Gasteiger partial charge is 1.00 e. The predicted molar refractivity (Wildman–Crippen MR) is 59.8 cm³/mol. The molecule has 132 valence electrons. The van der Waals surface area contributed by atoms with Crippen molar-refractivity contribution in [1.29, 1.82) is 0 Å². The number of hydrogen-bond acceptors (Lipinski definition) is 13. The molecular formula is H6KO16PS4. The predicted octanol–water partition coefficient (Wildman–Crippen LogP) is -6.20. The first-order valence-electron chi connectivity index (χ1n) is 3.05. The van der Waals surface area contributed by atoms with E-state index in [9.17, 15) is 38.2 Å². The Morgan fingerprint density at radius 2 is 0.773 bits per heavy atom. The summed E-state index contributed by atoms with van der Waals surface area (Å²) in [6.07, 6.45) is 0. The molecule has 16 nitrogen and oxygen atoms in total. The molecule has 0 aliphatic heterocycles. The zero-order chi connectivity index (χ0) is 16.8. The molecular weight excluding hydrogens is 454 g/mol. The summed E-state index contributed by atoms with van der Waals surface area (Å²) in [4.78, 5) is 0. The van der Waals surface area contributed by atoms with Crippen molar-refractivity contribution in [2.24, 2.45) is 0 Å². The summed E-state index contributed by atoms with van der Waals surface area (Å²) in [7, 11) is -20.4. The van der Waals surface area contributed by atoms with Crippen LogP contribution in [-0.2, 0) is 58.9 Å². The van der Waals surface area contributed by atoms with Gasteiger partial charge in [0.05, 0.1) is 0 Å². The maximum absolute atomic E-state index is 9.51. The van der Waals surface area contributed by atoms with Crippen LogP contribution in [0.5, 0.6) is 0 Å². The molecule has 0 saturated heterocycles. The standard InChI is InChI=1S/K.2H2O8S2.H3P/c;2*1-9(2,3)7-8-10(4,5)6;/h;2*(H,1,2,3)(H,4,5,6);1H3/q+1;;;/p-1. The van der Waals surface area contributed by atoms with Crippen molar-refractivity contribution in [2.45, 2.75) is 0 Å². The zero-order valence-electron chi connectivity index (χ0n) is 9.99. The summed E-state index contributed by atoms with van der Waals surface area (Å²) in [5, 5.41) is 0. The maximum Gasteiger partial charge on any atom is 1.00 e. The van der Waals surface area contributed by atoms with Crippen LogP contribution in [0.4, 0.5) is 0 Å². The Hall–Kier alpha value is 1.55. The average Bonchev–Trinajstić information content (AvgIpc) is 2.09. The topological polar surface area (TPSA) is 257 Å². The normalized spacial score (nSPS) is 12.2. The van der Waals surface area contributed by atoms with Crippen LogP contribution in [0.15, 0.2) is 0 Å². The summed E-state index contributed by atoms with van der Waals surface area (Å²) in [5.74, 6) is 0. The van der Waals surface area contributed by atoms with Gasteiger partial charge >= 0.3 is 82.6 Å². The van der Waals surface area contributed by atoms with Crippen LogP contribution in [0, 0.1) is 0 Å². The van der Waals surface area contributed by atoms with E-state index in [1.54, 1.807) is 0 Å². The van der Waals surface area contributed by atoms with E-state index in [1.807, 2.05) is 0 Å². The molecule has 0 aliphatic carbocycles. The van der Waals surface area contributed by atoms with Gasteiger partial charge in [0.25, 0.3) is 0 Å². The van der Waals surface area contributed by atoms with Gasteiger partial charge in [0.2, 0.25) is 10.4 Å². The molecule has 0 heterocycles. The number of hydrogen-bond donors (Lipinski definition) is 3. The van der Waals surface area contributed by atoms with Crippen LogP contribution >= 0.6 is 9.90 Å². The first kappa shape index (κ1) is 31.3. The van der Waals surface area contributed by atoms with Crippen molar-refractivity contribution in [3.05, 3.63) is 0 Å². The Labute approximate surface area is 170 Å². The third-order valence-electron chi connectivity index (χ3n) is 0.397. The Balaban J connectivity index is -0.000000135. The quantitative estimate of drug-likeness (QED) is 0.0831. The van der Waals surface area contributed by atoms with E-state index in [1.165, 1.54) is 0 Å². The molecule has 0 aromatic rings. The van der Waals surface area contributed by atoms with E-state index in [0.717, 1.165) is 0 Å². The number of rotatable bonds is 6. The van der Waals surface area contributed by atoms with Crippen LogP contribution < -0.4 is 51.4 Å². The van der Waals surface area contributed by atoms with E-state index in [0.29, 0.717) is 0 Å². The Kier molecular flexibility index (Phi) is 17.1. The van der Waals surface area contributed by atoms with E-state index >= 15 is 0 Å². The second kappa shape index (κ2) is 12.0. The minimum atomic E-state index is -5.27. The fourth-order valence-electron chi connectivity index (χ4n) is 0.139. The van der Waals surface area contributed by atoms with Crippen molar-refractivity contribution >= 4 is 51.5 Å². The Morgan fingerprint density at radius 1 is 0.591 bits per heavy atom. The first-order valence-corrected chi connectivity index (χ1v) is 8.48. The molecule has 0 aromatic heterocycles.